The van der Waals surface area contributed by atoms with Crippen molar-refractivity contribution >= 4 is 0 Å². The van der Waals surface area contributed by atoms with Crippen molar-refractivity contribution in [2.45, 2.75) is 71.8 Å². The summed E-state index contributed by atoms with van der Waals surface area (Å²) in [4.78, 5) is 2.73. The summed E-state index contributed by atoms with van der Waals surface area (Å²) in [6.45, 7) is 12.7. The van der Waals surface area contributed by atoms with Gasteiger partial charge in [-0.05, 0) is 44.1 Å². The second-order valence-corrected chi connectivity index (χ2v) is 6.36. The zero-order chi connectivity index (χ0) is 13.6. The predicted octanol–water partition coefficient (Wildman–Crippen LogP) is 3.65. The quantitative estimate of drug-likeness (QED) is 0.751. The van der Waals surface area contributed by atoms with Crippen molar-refractivity contribution in [3.05, 3.63) is 0 Å². The van der Waals surface area contributed by atoms with Crippen LogP contribution in [-0.4, -0.2) is 30.1 Å². The highest BCUT2D eigenvalue weighted by Gasteiger charge is 2.37. The van der Waals surface area contributed by atoms with Crippen LogP contribution in [0, 0.1) is 11.8 Å². The largest absolute Gasteiger partial charge is 0.329 e. The van der Waals surface area contributed by atoms with Gasteiger partial charge in [-0.1, -0.05) is 40.5 Å². The van der Waals surface area contributed by atoms with Crippen LogP contribution in [0.2, 0.25) is 0 Å². The summed E-state index contributed by atoms with van der Waals surface area (Å²) in [7, 11) is 0. The lowest BCUT2D eigenvalue weighted by Crippen LogP contribution is -2.57. The molecule has 1 saturated heterocycles. The molecule has 0 aromatic carbocycles. The molecular weight excluding hydrogens is 220 g/mol. The van der Waals surface area contributed by atoms with Gasteiger partial charge >= 0.3 is 0 Å². The lowest BCUT2D eigenvalue weighted by molar-refractivity contribution is 0.0263. The molecule has 1 aliphatic heterocycles. The number of nitrogens with zero attached hydrogens (tertiary/aromatic N) is 1. The zero-order valence-electron chi connectivity index (χ0n) is 13.0. The minimum absolute atomic E-state index is 0.267. The van der Waals surface area contributed by atoms with E-state index in [-0.39, 0.29) is 5.54 Å². The molecule has 0 aromatic heterocycles. The highest BCUT2D eigenvalue weighted by molar-refractivity contribution is 4.94. The SMILES string of the molecule is CCC(C)CC(CC)(CN)N1CCCC(CC)C1. The molecule has 18 heavy (non-hydrogen) atoms. The number of nitrogens with two attached hydrogens (primary N) is 1. The summed E-state index contributed by atoms with van der Waals surface area (Å²) >= 11 is 0. The molecule has 1 fully saturated rings. The Morgan fingerprint density at radius 2 is 2.06 bits per heavy atom. The van der Waals surface area contributed by atoms with Crippen LogP contribution in [0.1, 0.15) is 66.2 Å². The van der Waals surface area contributed by atoms with E-state index in [9.17, 15) is 0 Å². The summed E-state index contributed by atoms with van der Waals surface area (Å²) < 4.78 is 0. The summed E-state index contributed by atoms with van der Waals surface area (Å²) in [5.74, 6) is 1.68. The first-order valence-electron chi connectivity index (χ1n) is 8.06. The normalized spacial score (nSPS) is 26.8. The number of likely N-dealkylation sites (tertiary alicyclic amines) is 1. The molecule has 3 unspecified atom stereocenters. The summed E-state index contributed by atoms with van der Waals surface area (Å²) in [5, 5.41) is 0. The Hall–Kier alpha value is -0.0800. The van der Waals surface area contributed by atoms with Crippen LogP contribution in [0.5, 0.6) is 0 Å². The standard InChI is InChI=1S/C16H34N2/c1-5-14(4)11-16(7-3,13-17)18-10-8-9-15(6-2)12-18/h14-15H,5-13,17H2,1-4H3. The molecule has 1 rings (SSSR count). The Labute approximate surface area is 114 Å². The zero-order valence-corrected chi connectivity index (χ0v) is 13.0. The second kappa shape index (κ2) is 7.49. The smallest absolute Gasteiger partial charge is 0.0331 e. The Morgan fingerprint density at radius 1 is 1.33 bits per heavy atom. The van der Waals surface area contributed by atoms with Crippen molar-refractivity contribution in [1.29, 1.82) is 0 Å². The molecule has 0 spiro atoms. The molecule has 0 radical (unpaired) electrons. The lowest BCUT2D eigenvalue weighted by Gasteiger charge is -2.48. The monoisotopic (exact) mass is 254 g/mol. The van der Waals surface area contributed by atoms with Crippen LogP contribution in [0.4, 0.5) is 0 Å². The van der Waals surface area contributed by atoms with Gasteiger partial charge in [-0.3, -0.25) is 4.90 Å². The van der Waals surface area contributed by atoms with Gasteiger partial charge in [0.05, 0.1) is 0 Å². The van der Waals surface area contributed by atoms with Crippen molar-refractivity contribution in [1.82, 2.24) is 4.90 Å². The van der Waals surface area contributed by atoms with Crippen LogP contribution < -0.4 is 5.73 Å². The molecule has 2 N–H and O–H groups in total. The fourth-order valence-corrected chi connectivity index (χ4v) is 3.48. The topological polar surface area (TPSA) is 29.3 Å². The van der Waals surface area contributed by atoms with Gasteiger partial charge in [0, 0.05) is 18.6 Å². The maximum atomic E-state index is 6.20. The lowest BCUT2D eigenvalue weighted by atomic mass is 9.80. The van der Waals surface area contributed by atoms with Gasteiger partial charge in [0.15, 0.2) is 0 Å². The molecule has 2 nitrogen and oxygen atoms in total. The van der Waals surface area contributed by atoms with Gasteiger partial charge in [0.2, 0.25) is 0 Å². The van der Waals surface area contributed by atoms with E-state index >= 15 is 0 Å². The van der Waals surface area contributed by atoms with E-state index in [4.69, 9.17) is 5.73 Å². The second-order valence-electron chi connectivity index (χ2n) is 6.36. The van der Waals surface area contributed by atoms with Gasteiger partial charge < -0.3 is 5.73 Å². The number of rotatable bonds is 7. The first-order chi connectivity index (χ1) is 8.61. The van der Waals surface area contributed by atoms with Crippen LogP contribution in [0.25, 0.3) is 0 Å². The molecule has 0 aliphatic carbocycles. The van der Waals surface area contributed by atoms with Crippen molar-refractivity contribution in [3.63, 3.8) is 0 Å². The molecule has 1 aliphatic rings. The van der Waals surface area contributed by atoms with E-state index < -0.39 is 0 Å². The average Bonchev–Trinajstić information content (AvgIpc) is 2.44. The summed E-state index contributed by atoms with van der Waals surface area (Å²) in [5.41, 5.74) is 6.46. The van der Waals surface area contributed by atoms with Crippen LogP contribution in [0.15, 0.2) is 0 Å². The third-order valence-electron chi connectivity index (χ3n) is 5.23. The molecule has 0 aromatic rings. The Bertz CT molecular complexity index is 223. The Kier molecular flexibility index (Phi) is 6.65. The molecule has 0 saturated carbocycles. The van der Waals surface area contributed by atoms with E-state index in [1.165, 1.54) is 51.6 Å². The number of hydrogen-bond acceptors (Lipinski definition) is 2. The fraction of sp³-hybridized carbons (Fsp3) is 1.00. The maximum absolute atomic E-state index is 6.20. The Balaban J connectivity index is 2.75. The van der Waals surface area contributed by atoms with Gasteiger partial charge in [0.1, 0.15) is 0 Å². The fourth-order valence-electron chi connectivity index (χ4n) is 3.48. The van der Waals surface area contributed by atoms with E-state index in [2.05, 4.69) is 32.6 Å². The van der Waals surface area contributed by atoms with E-state index in [0.29, 0.717) is 0 Å². The third kappa shape index (κ3) is 3.71. The van der Waals surface area contributed by atoms with Gasteiger partial charge in [0.25, 0.3) is 0 Å². The molecule has 2 heteroatoms. The molecular formula is C16H34N2. The van der Waals surface area contributed by atoms with Gasteiger partial charge in [-0.15, -0.1) is 0 Å². The molecule has 1 heterocycles. The first kappa shape index (κ1) is 16.0. The van der Waals surface area contributed by atoms with Crippen LogP contribution in [0.3, 0.4) is 0 Å². The van der Waals surface area contributed by atoms with Crippen molar-refractivity contribution in [3.8, 4) is 0 Å². The maximum Gasteiger partial charge on any atom is 0.0331 e. The molecule has 0 bridgehead atoms. The summed E-state index contributed by atoms with van der Waals surface area (Å²) in [6, 6.07) is 0. The highest BCUT2D eigenvalue weighted by atomic mass is 15.2. The number of hydrogen-bond donors (Lipinski definition) is 1. The first-order valence-corrected chi connectivity index (χ1v) is 8.06. The minimum Gasteiger partial charge on any atom is -0.329 e. The van der Waals surface area contributed by atoms with Crippen molar-refractivity contribution in [2.75, 3.05) is 19.6 Å². The van der Waals surface area contributed by atoms with E-state index in [1.54, 1.807) is 0 Å². The third-order valence-corrected chi connectivity index (χ3v) is 5.23. The minimum atomic E-state index is 0.267. The predicted molar refractivity (Wildman–Crippen MR) is 80.7 cm³/mol. The van der Waals surface area contributed by atoms with Crippen LogP contribution in [-0.2, 0) is 0 Å². The average molecular weight is 254 g/mol. The summed E-state index contributed by atoms with van der Waals surface area (Å²) in [6.07, 6.45) is 7.84. The number of piperidine rings is 1. The van der Waals surface area contributed by atoms with Crippen LogP contribution >= 0.6 is 0 Å². The van der Waals surface area contributed by atoms with E-state index in [1.807, 2.05) is 0 Å². The molecule has 108 valence electrons. The van der Waals surface area contributed by atoms with Crippen molar-refractivity contribution < 1.29 is 0 Å². The van der Waals surface area contributed by atoms with Crippen molar-refractivity contribution in [2.24, 2.45) is 17.6 Å². The van der Waals surface area contributed by atoms with Gasteiger partial charge in [-0.25, -0.2) is 0 Å². The van der Waals surface area contributed by atoms with E-state index in [0.717, 1.165) is 18.4 Å². The van der Waals surface area contributed by atoms with Gasteiger partial charge in [-0.2, -0.15) is 0 Å². The molecule has 0 amide bonds. The Morgan fingerprint density at radius 3 is 2.56 bits per heavy atom. The molecule has 3 atom stereocenters. The highest BCUT2D eigenvalue weighted by Crippen LogP contribution is 2.33.